The number of aliphatic hydroxyl groups excluding tert-OH is 1. The SMILES string of the molecule is Cc1ccc(Nc2c(C(=O)N3CC(O)C3)c(=O)n(C)c(=O)n2C)c(F)c1. The molecule has 1 saturated heterocycles. The van der Waals surface area contributed by atoms with E-state index in [0.717, 1.165) is 9.13 Å². The summed E-state index contributed by atoms with van der Waals surface area (Å²) in [6.07, 6.45) is -0.638. The summed E-state index contributed by atoms with van der Waals surface area (Å²) in [6.45, 7) is 1.93. The number of carbonyl (C=O) groups excluding carboxylic acids is 1. The van der Waals surface area contributed by atoms with Crippen LogP contribution in [0.4, 0.5) is 15.9 Å². The van der Waals surface area contributed by atoms with Crippen LogP contribution < -0.4 is 16.6 Å². The summed E-state index contributed by atoms with van der Waals surface area (Å²) in [6, 6.07) is 4.43. The molecular formula is C17H19FN4O4. The first kappa shape index (κ1) is 17.9. The van der Waals surface area contributed by atoms with Crippen molar-refractivity contribution in [1.82, 2.24) is 14.0 Å². The summed E-state index contributed by atoms with van der Waals surface area (Å²) in [5.41, 5.74) is -0.963. The van der Waals surface area contributed by atoms with Crippen molar-refractivity contribution in [3.63, 3.8) is 0 Å². The fourth-order valence-corrected chi connectivity index (χ4v) is 2.81. The Morgan fingerprint density at radius 2 is 1.88 bits per heavy atom. The maximum absolute atomic E-state index is 14.2. The lowest BCUT2D eigenvalue weighted by atomic mass is 10.1. The molecule has 0 bridgehead atoms. The van der Waals surface area contributed by atoms with Gasteiger partial charge in [-0.15, -0.1) is 0 Å². The molecule has 0 atom stereocenters. The van der Waals surface area contributed by atoms with E-state index in [4.69, 9.17) is 0 Å². The number of aryl methyl sites for hydroxylation is 1. The number of nitrogens with one attached hydrogen (secondary N) is 1. The molecule has 26 heavy (non-hydrogen) atoms. The van der Waals surface area contributed by atoms with E-state index < -0.39 is 29.1 Å². The van der Waals surface area contributed by atoms with E-state index >= 15 is 0 Å². The van der Waals surface area contributed by atoms with Gasteiger partial charge in [0.1, 0.15) is 17.2 Å². The molecule has 1 aliphatic rings. The van der Waals surface area contributed by atoms with Crippen molar-refractivity contribution in [2.75, 3.05) is 18.4 Å². The molecule has 0 radical (unpaired) electrons. The number of hydrogen-bond acceptors (Lipinski definition) is 5. The number of carbonyl (C=O) groups is 1. The molecule has 1 aromatic carbocycles. The van der Waals surface area contributed by atoms with Gasteiger partial charge in [-0.2, -0.15) is 0 Å². The van der Waals surface area contributed by atoms with Gasteiger partial charge in [-0.1, -0.05) is 6.07 Å². The van der Waals surface area contributed by atoms with Gasteiger partial charge in [-0.3, -0.25) is 18.7 Å². The van der Waals surface area contributed by atoms with Crippen LogP contribution in [0, 0.1) is 12.7 Å². The Balaban J connectivity index is 2.15. The second-order valence-corrected chi connectivity index (χ2v) is 6.40. The highest BCUT2D eigenvalue weighted by molar-refractivity contribution is 5.99. The summed E-state index contributed by atoms with van der Waals surface area (Å²) in [4.78, 5) is 38.8. The first-order valence-electron chi connectivity index (χ1n) is 8.01. The highest BCUT2D eigenvalue weighted by atomic mass is 19.1. The molecule has 9 heteroatoms. The summed E-state index contributed by atoms with van der Waals surface area (Å²) in [7, 11) is 2.65. The second-order valence-electron chi connectivity index (χ2n) is 6.40. The molecule has 0 saturated carbocycles. The highest BCUT2D eigenvalue weighted by Crippen LogP contribution is 2.23. The van der Waals surface area contributed by atoms with E-state index in [1.165, 1.54) is 31.1 Å². The van der Waals surface area contributed by atoms with Crippen LogP contribution in [0.25, 0.3) is 0 Å². The number of halogens is 1. The van der Waals surface area contributed by atoms with Gasteiger partial charge in [-0.25, -0.2) is 9.18 Å². The zero-order valence-corrected chi connectivity index (χ0v) is 14.6. The first-order valence-corrected chi connectivity index (χ1v) is 8.01. The number of anilines is 2. The molecule has 8 nitrogen and oxygen atoms in total. The Labute approximate surface area is 148 Å². The van der Waals surface area contributed by atoms with Crippen LogP contribution in [-0.2, 0) is 14.1 Å². The minimum Gasteiger partial charge on any atom is -0.389 e. The Bertz CT molecular complexity index is 1010. The minimum absolute atomic E-state index is 0.0385. The van der Waals surface area contributed by atoms with Crippen LogP contribution in [0.5, 0.6) is 0 Å². The van der Waals surface area contributed by atoms with Crippen LogP contribution in [0.2, 0.25) is 0 Å². The Morgan fingerprint density at radius 1 is 1.23 bits per heavy atom. The number of rotatable bonds is 3. The molecule has 2 aromatic rings. The molecule has 2 N–H and O–H groups in total. The molecule has 3 rings (SSSR count). The van der Waals surface area contributed by atoms with Gasteiger partial charge >= 0.3 is 5.69 Å². The topological polar surface area (TPSA) is 96.6 Å². The van der Waals surface area contributed by atoms with Crippen LogP contribution in [0.3, 0.4) is 0 Å². The van der Waals surface area contributed by atoms with Gasteiger partial charge in [0.15, 0.2) is 0 Å². The maximum Gasteiger partial charge on any atom is 0.332 e. The number of likely N-dealkylation sites (tertiary alicyclic amines) is 1. The molecule has 0 aliphatic carbocycles. The summed E-state index contributed by atoms with van der Waals surface area (Å²) in [5.74, 6) is -1.29. The van der Waals surface area contributed by atoms with Crippen LogP contribution in [0.1, 0.15) is 15.9 Å². The van der Waals surface area contributed by atoms with Crippen LogP contribution in [0.15, 0.2) is 27.8 Å². The van der Waals surface area contributed by atoms with Gasteiger partial charge < -0.3 is 15.3 Å². The number of aromatic nitrogens is 2. The largest absolute Gasteiger partial charge is 0.389 e. The van der Waals surface area contributed by atoms with E-state index in [0.29, 0.717) is 5.56 Å². The van der Waals surface area contributed by atoms with E-state index in [9.17, 15) is 23.9 Å². The molecule has 1 amide bonds. The van der Waals surface area contributed by atoms with E-state index in [2.05, 4.69) is 5.32 Å². The molecule has 1 aliphatic heterocycles. The summed E-state index contributed by atoms with van der Waals surface area (Å²) < 4.78 is 16.1. The van der Waals surface area contributed by atoms with Crippen molar-refractivity contribution >= 4 is 17.4 Å². The standard InChI is InChI=1S/C17H19FN4O4/c1-9-4-5-12(11(18)6-9)19-14-13(16(25)22-7-10(23)8-22)15(24)21(3)17(26)20(14)2/h4-6,10,19,23H,7-8H2,1-3H3. The predicted octanol–water partition coefficient (Wildman–Crippen LogP) is 0.0918. The van der Waals surface area contributed by atoms with Crippen molar-refractivity contribution in [2.24, 2.45) is 14.1 Å². The third-order valence-electron chi connectivity index (χ3n) is 4.41. The third kappa shape index (κ3) is 2.90. The van der Waals surface area contributed by atoms with Crippen molar-refractivity contribution in [2.45, 2.75) is 13.0 Å². The monoisotopic (exact) mass is 362 g/mol. The van der Waals surface area contributed by atoms with Crippen molar-refractivity contribution < 1.29 is 14.3 Å². The van der Waals surface area contributed by atoms with Crippen molar-refractivity contribution in [1.29, 1.82) is 0 Å². The lowest BCUT2D eigenvalue weighted by molar-refractivity contribution is 0.00574. The molecule has 1 fully saturated rings. The molecule has 0 unspecified atom stereocenters. The number of aliphatic hydroxyl groups is 1. The fraction of sp³-hybridized carbons (Fsp3) is 0.353. The Kier molecular flexibility index (Phi) is 4.41. The Hall–Kier alpha value is -2.94. The van der Waals surface area contributed by atoms with Gasteiger partial charge in [0.25, 0.3) is 11.5 Å². The molecule has 2 heterocycles. The quantitative estimate of drug-likeness (QED) is 0.807. The van der Waals surface area contributed by atoms with Crippen molar-refractivity contribution in [3.8, 4) is 0 Å². The van der Waals surface area contributed by atoms with Gasteiger partial charge in [0.2, 0.25) is 0 Å². The average Bonchev–Trinajstić information content (AvgIpc) is 2.56. The zero-order valence-electron chi connectivity index (χ0n) is 14.6. The molecular weight excluding hydrogens is 343 g/mol. The van der Waals surface area contributed by atoms with E-state index in [1.54, 1.807) is 13.0 Å². The number of nitrogens with zero attached hydrogens (tertiary/aromatic N) is 3. The fourth-order valence-electron chi connectivity index (χ4n) is 2.81. The summed E-state index contributed by atoms with van der Waals surface area (Å²) >= 11 is 0. The van der Waals surface area contributed by atoms with Gasteiger partial charge in [-0.05, 0) is 24.6 Å². The van der Waals surface area contributed by atoms with E-state index in [-0.39, 0.29) is 30.2 Å². The van der Waals surface area contributed by atoms with Crippen LogP contribution in [-0.4, -0.2) is 44.2 Å². The number of amides is 1. The third-order valence-corrected chi connectivity index (χ3v) is 4.41. The summed E-state index contributed by atoms with van der Waals surface area (Å²) in [5, 5.41) is 12.1. The first-order chi connectivity index (χ1) is 12.2. The molecule has 138 valence electrons. The normalized spacial score (nSPS) is 14.3. The lowest BCUT2D eigenvalue weighted by Crippen LogP contribution is -2.55. The smallest absolute Gasteiger partial charge is 0.332 e. The predicted molar refractivity (Wildman–Crippen MR) is 93.3 cm³/mol. The highest BCUT2D eigenvalue weighted by Gasteiger charge is 2.34. The number of benzene rings is 1. The zero-order chi connectivity index (χ0) is 19.2. The van der Waals surface area contributed by atoms with E-state index in [1.807, 2.05) is 0 Å². The van der Waals surface area contributed by atoms with Crippen LogP contribution >= 0.6 is 0 Å². The molecule has 0 spiro atoms. The van der Waals surface area contributed by atoms with Crippen molar-refractivity contribution in [3.05, 3.63) is 56.0 Å². The lowest BCUT2D eigenvalue weighted by Gasteiger charge is -2.36. The second kappa shape index (κ2) is 6.41. The van der Waals surface area contributed by atoms with Gasteiger partial charge in [0.05, 0.1) is 11.8 Å². The minimum atomic E-state index is -0.783. The van der Waals surface area contributed by atoms with Gasteiger partial charge in [0, 0.05) is 27.2 Å². The molecule has 1 aromatic heterocycles. The Morgan fingerprint density at radius 3 is 2.46 bits per heavy atom. The number of hydrogen-bond donors (Lipinski definition) is 2. The maximum atomic E-state index is 14.2. The average molecular weight is 362 g/mol. The number of β-amino-alcohol motifs (C(OH)–C–C–N with tert-alkyl or cyclic N) is 1.